The number of carbonyl (C=O) groups excluding carboxylic acids is 1. The molecule has 1 fully saturated rings. The number of halogens is 1. The number of anilines is 2. The molecule has 29 heavy (non-hydrogen) atoms. The highest BCUT2D eigenvalue weighted by Crippen LogP contribution is 2.33. The summed E-state index contributed by atoms with van der Waals surface area (Å²) in [6.07, 6.45) is 0. The number of aromatic nitrogens is 1. The molecule has 7 heteroatoms. The van der Waals surface area contributed by atoms with Crippen molar-refractivity contribution in [2.45, 2.75) is 19.5 Å². The van der Waals surface area contributed by atoms with Gasteiger partial charge in [-0.15, -0.1) is 0 Å². The predicted octanol–water partition coefficient (Wildman–Crippen LogP) is 4.37. The monoisotopic (exact) mass is 455 g/mol. The van der Waals surface area contributed by atoms with E-state index in [1.165, 1.54) is 0 Å². The van der Waals surface area contributed by atoms with Crippen LogP contribution in [0.4, 0.5) is 11.5 Å². The largest absolute Gasteiger partial charge is 0.497 e. The van der Waals surface area contributed by atoms with Crippen LogP contribution in [0.2, 0.25) is 0 Å². The molecule has 1 saturated heterocycles. The molecule has 0 radical (unpaired) electrons. The summed E-state index contributed by atoms with van der Waals surface area (Å²) in [7, 11) is 1.65. The van der Waals surface area contributed by atoms with Crippen molar-refractivity contribution >= 4 is 44.2 Å². The fraction of sp³-hybridized carbons (Fsp3) is 0.273. The third kappa shape index (κ3) is 4.21. The van der Waals surface area contributed by atoms with Gasteiger partial charge in [-0.3, -0.25) is 4.79 Å². The number of hydrogen-bond acceptors (Lipinski definition) is 5. The van der Waals surface area contributed by atoms with E-state index >= 15 is 0 Å². The number of carbonyl (C=O) groups is 1. The van der Waals surface area contributed by atoms with Crippen molar-refractivity contribution in [1.29, 1.82) is 0 Å². The van der Waals surface area contributed by atoms with Crippen LogP contribution in [-0.4, -0.2) is 37.3 Å². The number of nitrogens with zero attached hydrogens (tertiary/aromatic N) is 2. The van der Waals surface area contributed by atoms with E-state index in [2.05, 4.69) is 21.2 Å². The molecule has 1 aliphatic rings. The second-order valence-corrected chi connectivity index (χ2v) is 7.94. The van der Waals surface area contributed by atoms with Crippen molar-refractivity contribution in [3.63, 3.8) is 0 Å². The van der Waals surface area contributed by atoms with Crippen LogP contribution in [-0.2, 0) is 16.1 Å². The Morgan fingerprint density at radius 2 is 2.03 bits per heavy atom. The molecule has 1 aliphatic heterocycles. The van der Waals surface area contributed by atoms with Crippen LogP contribution < -0.4 is 15.0 Å². The maximum absolute atomic E-state index is 12.6. The molecule has 0 aliphatic carbocycles. The lowest BCUT2D eigenvalue weighted by atomic mass is 10.1. The number of ether oxygens (including phenoxy) is 2. The van der Waals surface area contributed by atoms with Crippen molar-refractivity contribution in [3.05, 3.63) is 58.6 Å². The zero-order valence-corrected chi connectivity index (χ0v) is 17.9. The van der Waals surface area contributed by atoms with Crippen molar-refractivity contribution in [3.8, 4) is 5.75 Å². The fourth-order valence-corrected chi connectivity index (χ4v) is 3.84. The van der Waals surface area contributed by atoms with Gasteiger partial charge in [-0.2, -0.15) is 0 Å². The van der Waals surface area contributed by atoms with Crippen molar-refractivity contribution in [2.75, 3.05) is 30.5 Å². The molecule has 3 aromatic rings. The molecule has 1 aromatic heterocycles. The van der Waals surface area contributed by atoms with E-state index in [9.17, 15) is 4.79 Å². The van der Waals surface area contributed by atoms with Crippen LogP contribution in [0.1, 0.15) is 12.5 Å². The molecular formula is C22H22BrN3O3. The Kier molecular flexibility index (Phi) is 5.69. The first-order valence-electron chi connectivity index (χ1n) is 9.42. The number of benzene rings is 2. The summed E-state index contributed by atoms with van der Waals surface area (Å²) in [6, 6.07) is 15.8. The van der Waals surface area contributed by atoms with Gasteiger partial charge in [0.2, 0.25) is 0 Å². The highest BCUT2D eigenvalue weighted by atomic mass is 79.9. The Morgan fingerprint density at radius 3 is 2.76 bits per heavy atom. The molecule has 1 amide bonds. The Hall–Kier alpha value is -2.64. The van der Waals surface area contributed by atoms with Gasteiger partial charge in [0.05, 0.1) is 31.0 Å². The van der Waals surface area contributed by atoms with E-state index in [0.29, 0.717) is 19.0 Å². The average Bonchev–Trinajstić information content (AvgIpc) is 2.72. The lowest BCUT2D eigenvalue weighted by Crippen LogP contribution is -2.48. The smallest absolute Gasteiger partial charge is 0.253 e. The summed E-state index contributed by atoms with van der Waals surface area (Å²) < 4.78 is 11.6. The highest BCUT2D eigenvalue weighted by molar-refractivity contribution is 9.10. The van der Waals surface area contributed by atoms with E-state index in [4.69, 9.17) is 14.5 Å². The first kappa shape index (κ1) is 19.7. The van der Waals surface area contributed by atoms with Crippen LogP contribution in [0.3, 0.4) is 0 Å². The van der Waals surface area contributed by atoms with E-state index in [-0.39, 0.29) is 18.6 Å². The molecule has 0 saturated carbocycles. The first-order valence-corrected chi connectivity index (χ1v) is 10.2. The van der Waals surface area contributed by atoms with Crippen molar-refractivity contribution < 1.29 is 14.3 Å². The topological polar surface area (TPSA) is 63.7 Å². The Bertz CT molecular complexity index is 1040. The van der Waals surface area contributed by atoms with Gasteiger partial charge in [-0.05, 0) is 48.9 Å². The first-order chi connectivity index (χ1) is 14.0. The third-order valence-electron chi connectivity index (χ3n) is 4.93. The molecule has 150 valence electrons. The van der Waals surface area contributed by atoms with Crippen LogP contribution in [0, 0.1) is 0 Å². The normalized spacial score (nSPS) is 16.9. The van der Waals surface area contributed by atoms with Crippen LogP contribution in [0.15, 0.2) is 53.0 Å². The lowest BCUT2D eigenvalue weighted by molar-refractivity contribution is -0.127. The molecule has 0 unspecified atom stereocenters. The number of amides is 1. The standard InChI is InChI=1S/C22H22BrN3O3/c1-14-12-29-13-21(27)26(14)20-10-16-9-17(23)5-8-19(16)25-22(20)24-11-15-3-6-18(28-2)7-4-15/h3-10,14H,11-13H2,1-2H3,(H,24,25)/t14-/m1/s1. The van der Waals surface area contributed by atoms with Gasteiger partial charge in [0, 0.05) is 16.4 Å². The van der Waals surface area contributed by atoms with Gasteiger partial charge in [0.25, 0.3) is 5.91 Å². The third-order valence-corrected chi connectivity index (χ3v) is 5.42. The Labute approximate surface area is 178 Å². The minimum atomic E-state index is -0.0656. The number of methoxy groups -OCH3 is 1. The number of fused-ring (bicyclic) bond motifs is 1. The van der Waals surface area contributed by atoms with Crippen molar-refractivity contribution in [2.24, 2.45) is 0 Å². The number of morpholine rings is 1. The van der Waals surface area contributed by atoms with Crippen LogP contribution in [0.25, 0.3) is 10.9 Å². The van der Waals surface area contributed by atoms with Gasteiger partial charge >= 0.3 is 0 Å². The van der Waals surface area contributed by atoms with Crippen molar-refractivity contribution in [1.82, 2.24) is 4.98 Å². The van der Waals surface area contributed by atoms with Gasteiger partial charge in [0.15, 0.2) is 5.82 Å². The van der Waals surface area contributed by atoms with Crippen LogP contribution >= 0.6 is 15.9 Å². The van der Waals surface area contributed by atoms with E-state index in [0.717, 1.165) is 32.4 Å². The van der Waals surface area contributed by atoms with Gasteiger partial charge < -0.3 is 19.7 Å². The number of pyridine rings is 1. The molecule has 6 nitrogen and oxygen atoms in total. The highest BCUT2D eigenvalue weighted by Gasteiger charge is 2.29. The summed E-state index contributed by atoms with van der Waals surface area (Å²) in [5.41, 5.74) is 2.73. The molecule has 0 spiro atoms. The summed E-state index contributed by atoms with van der Waals surface area (Å²) in [5, 5.41) is 4.38. The fourth-order valence-electron chi connectivity index (χ4n) is 3.46. The number of nitrogens with one attached hydrogen (secondary N) is 1. The molecule has 2 aromatic carbocycles. The maximum Gasteiger partial charge on any atom is 0.253 e. The molecular weight excluding hydrogens is 434 g/mol. The van der Waals surface area contributed by atoms with Crippen LogP contribution in [0.5, 0.6) is 5.75 Å². The van der Waals surface area contributed by atoms with Gasteiger partial charge in [-0.25, -0.2) is 4.98 Å². The molecule has 4 rings (SSSR count). The minimum absolute atomic E-state index is 0.0626. The van der Waals surface area contributed by atoms with Gasteiger partial charge in [0.1, 0.15) is 12.4 Å². The summed E-state index contributed by atoms with van der Waals surface area (Å²) in [6.45, 7) is 3.15. The molecule has 1 N–H and O–H groups in total. The van der Waals surface area contributed by atoms with Gasteiger partial charge in [-0.1, -0.05) is 28.1 Å². The number of hydrogen-bond donors (Lipinski definition) is 1. The predicted molar refractivity (Wildman–Crippen MR) is 118 cm³/mol. The summed E-state index contributed by atoms with van der Waals surface area (Å²) in [4.78, 5) is 19.2. The molecule has 0 bridgehead atoms. The van der Waals surface area contributed by atoms with E-state index in [1.54, 1.807) is 12.0 Å². The maximum atomic E-state index is 12.6. The molecule has 1 atom stereocenters. The Balaban J connectivity index is 1.71. The zero-order valence-electron chi connectivity index (χ0n) is 16.3. The SMILES string of the molecule is COc1ccc(CNc2nc3ccc(Br)cc3cc2N2C(=O)COC[C@H]2C)cc1. The van der Waals surface area contributed by atoms with E-state index < -0.39 is 0 Å². The quantitative estimate of drug-likeness (QED) is 0.618. The summed E-state index contributed by atoms with van der Waals surface area (Å²) in [5.74, 6) is 1.43. The second-order valence-electron chi connectivity index (χ2n) is 7.02. The number of rotatable bonds is 5. The second kappa shape index (κ2) is 8.39. The molecule has 2 heterocycles. The Morgan fingerprint density at radius 1 is 1.24 bits per heavy atom. The average molecular weight is 456 g/mol. The zero-order chi connectivity index (χ0) is 20.4. The van der Waals surface area contributed by atoms with E-state index in [1.807, 2.05) is 55.5 Å². The lowest BCUT2D eigenvalue weighted by Gasteiger charge is -2.34. The minimum Gasteiger partial charge on any atom is -0.497 e. The summed E-state index contributed by atoms with van der Waals surface area (Å²) >= 11 is 3.51.